The fourth-order valence-electron chi connectivity index (χ4n) is 1.51. The average molecular weight is 264 g/mol. The number of anilines is 1. The van der Waals surface area contributed by atoms with E-state index in [2.05, 4.69) is 0 Å². The maximum atomic E-state index is 12.4. The van der Waals surface area contributed by atoms with E-state index in [-0.39, 0.29) is 18.7 Å². The fraction of sp³-hybridized carbons (Fsp3) is 0.364. The smallest absolute Gasteiger partial charge is 0.255 e. The topological polar surface area (TPSA) is 40.5 Å². The van der Waals surface area contributed by atoms with Crippen LogP contribution in [-0.2, 0) is 0 Å². The Labute approximate surface area is 103 Å². The van der Waals surface area contributed by atoms with Crippen LogP contribution < -0.4 is 4.90 Å². The average Bonchev–Trinajstić information content (AvgIpc) is 2.27. The number of alkyl halides is 2. The molecule has 1 N–H and O–H groups in total. The van der Waals surface area contributed by atoms with Gasteiger partial charge in [0, 0.05) is 22.8 Å². The van der Waals surface area contributed by atoms with Crippen molar-refractivity contribution in [3.63, 3.8) is 0 Å². The van der Waals surface area contributed by atoms with Crippen LogP contribution in [0, 0.1) is 0 Å². The molecular weight excluding hydrogens is 252 g/mol. The second-order valence-electron chi connectivity index (χ2n) is 3.38. The summed E-state index contributed by atoms with van der Waals surface area (Å²) in [5.74, 6) is 0. The van der Waals surface area contributed by atoms with Crippen molar-refractivity contribution in [3.05, 3.63) is 28.8 Å². The SMILES string of the molecule is O=Cc1cc(Cl)ccc1N(CCO)CC(F)F. The van der Waals surface area contributed by atoms with Crippen molar-refractivity contribution < 1.29 is 18.7 Å². The standard InChI is InChI=1S/C11H12ClF2NO2/c12-9-1-2-10(8(5-9)7-17)15(3-4-16)6-11(13)14/h1-2,5,7,11,16H,3-4,6H2. The molecule has 94 valence electrons. The number of halogens is 3. The number of nitrogens with zero attached hydrogens (tertiary/aromatic N) is 1. The lowest BCUT2D eigenvalue weighted by Gasteiger charge is -2.24. The highest BCUT2D eigenvalue weighted by molar-refractivity contribution is 6.31. The summed E-state index contributed by atoms with van der Waals surface area (Å²) < 4.78 is 24.7. The third-order valence-electron chi connectivity index (χ3n) is 2.19. The van der Waals surface area contributed by atoms with Crippen molar-refractivity contribution in [1.82, 2.24) is 0 Å². The summed E-state index contributed by atoms with van der Waals surface area (Å²) in [4.78, 5) is 12.1. The van der Waals surface area contributed by atoms with Gasteiger partial charge in [-0.2, -0.15) is 0 Å². The minimum Gasteiger partial charge on any atom is -0.395 e. The number of carbonyl (C=O) groups is 1. The van der Waals surface area contributed by atoms with Crippen LogP contribution in [0.4, 0.5) is 14.5 Å². The molecule has 0 saturated heterocycles. The molecule has 6 heteroatoms. The summed E-state index contributed by atoms with van der Waals surface area (Å²) in [6.45, 7) is -0.774. The second kappa shape index (κ2) is 6.51. The number of benzene rings is 1. The first-order valence-electron chi connectivity index (χ1n) is 4.97. The zero-order chi connectivity index (χ0) is 12.8. The van der Waals surface area contributed by atoms with Crippen molar-refractivity contribution in [2.24, 2.45) is 0 Å². The van der Waals surface area contributed by atoms with Gasteiger partial charge in [0.2, 0.25) is 0 Å². The van der Waals surface area contributed by atoms with E-state index in [9.17, 15) is 13.6 Å². The Bertz CT molecular complexity index is 388. The molecule has 1 aromatic carbocycles. The van der Waals surface area contributed by atoms with Gasteiger partial charge in [0.1, 0.15) is 0 Å². The van der Waals surface area contributed by atoms with Gasteiger partial charge in [-0.3, -0.25) is 4.79 Å². The van der Waals surface area contributed by atoms with Crippen LogP contribution in [0.15, 0.2) is 18.2 Å². The summed E-state index contributed by atoms with van der Waals surface area (Å²) >= 11 is 5.71. The zero-order valence-electron chi connectivity index (χ0n) is 8.94. The fourth-order valence-corrected chi connectivity index (χ4v) is 1.69. The molecule has 1 rings (SSSR count). The molecule has 0 spiro atoms. The van der Waals surface area contributed by atoms with Crippen LogP contribution in [0.5, 0.6) is 0 Å². The van der Waals surface area contributed by atoms with Gasteiger partial charge in [-0.1, -0.05) is 11.6 Å². The highest BCUT2D eigenvalue weighted by Crippen LogP contribution is 2.23. The Kier molecular flexibility index (Phi) is 5.31. The first-order valence-corrected chi connectivity index (χ1v) is 5.35. The van der Waals surface area contributed by atoms with Crippen LogP contribution in [-0.4, -0.2) is 37.5 Å². The molecule has 3 nitrogen and oxygen atoms in total. The van der Waals surface area contributed by atoms with Gasteiger partial charge >= 0.3 is 0 Å². The van der Waals surface area contributed by atoms with Crippen LogP contribution in [0.3, 0.4) is 0 Å². The molecule has 0 radical (unpaired) electrons. The molecule has 0 saturated carbocycles. The van der Waals surface area contributed by atoms with Crippen LogP contribution in [0.1, 0.15) is 10.4 Å². The largest absolute Gasteiger partial charge is 0.395 e. The molecule has 0 unspecified atom stereocenters. The first kappa shape index (κ1) is 13.9. The molecule has 0 heterocycles. The number of aliphatic hydroxyl groups is 1. The molecule has 0 aliphatic heterocycles. The Hall–Kier alpha value is -1.20. The lowest BCUT2D eigenvalue weighted by atomic mass is 10.1. The molecule has 0 aliphatic rings. The van der Waals surface area contributed by atoms with Crippen LogP contribution >= 0.6 is 11.6 Å². The summed E-state index contributed by atoms with van der Waals surface area (Å²) in [5.41, 5.74) is 0.574. The van der Waals surface area contributed by atoms with E-state index in [1.807, 2.05) is 0 Å². The molecule has 0 aromatic heterocycles. The molecule has 1 aromatic rings. The molecule has 0 fully saturated rings. The molecule has 0 bridgehead atoms. The maximum absolute atomic E-state index is 12.4. The monoisotopic (exact) mass is 263 g/mol. The summed E-state index contributed by atoms with van der Waals surface area (Å²) in [6.07, 6.45) is -1.99. The molecular formula is C11H12ClF2NO2. The minimum atomic E-state index is -2.54. The minimum absolute atomic E-state index is 0.0345. The number of rotatable bonds is 6. The Morgan fingerprint density at radius 1 is 1.47 bits per heavy atom. The highest BCUT2D eigenvalue weighted by Gasteiger charge is 2.15. The van der Waals surface area contributed by atoms with Gasteiger partial charge in [0.25, 0.3) is 6.43 Å². The quantitative estimate of drug-likeness (QED) is 0.800. The number of hydrogen-bond acceptors (Lipinski definition) is 3. The van der Waals surface area contributed by atoms with Gasteiger partial charge in [-0.05, 0) is 18.2 Å². The van der Waals surface area contributed by atoms with Gasteiger partial charge < -0.3 is 10.0 Å². The first-order chi connectivity index (χ1) is 8.08. The Morgan fingerprint density at radius 2 is 2.18 bits per heavy atom. The summed E-state index contributed by atoms with van der Waals surface area (Å²) in [5, 5.41) is 9.19. The number of aldehydes is 1. The van der Waals surface area contributed by atoms with E-state index in [0.717, 1.165) is 0 Å². The van der Waals surface area contributed by atoms with Crippen molar-refractivity contribution in [2.75, 3.05) is 24.6 Å². The molecule has 0 amide bonds. The van der Waals surface area contributed by atoms with E-state index in [1.165, 1.54) is 23.1 Å². The third-order valence-corrected chi connectivity index (χ3v) is 2.42. The van der Waals surface area contributed by atoms with Crippen molar-refractivity contribution in [3.8, 4) is 0 Å². The van der Waals surface area contributed by atoms with Crippen molar-refractivity contribution >= 4 is 23.6 Å². The summed E-state index contributed by atoms with van der Waals surface area (Å²) in [7, 11) is 0. The second-order valence-corrected chi connectivity index (χ2v) is 3.82. The zero-order valence-corrected chi connectivity index (χ0v) is 9.70. The lowest BCUT2D eigenvalue weighted by molar-refractivity contribution is 0.112. The lowest BCUT2D eigenvalue weighted by Crippen LogP contribution is -2.32. The van der Waals surface area contributed by atoms with E-state index in [1.54, 1.807) is 0 Å². The number of carbonyl (C=O) groups excluding carboxylic acids is 1. The van der Waals surface area contributed by atoms with Crippen LogP contribution in [0.25, 0.3) is 0 Å². The van der Waals surface area contributed by atoms with Gasteiger partial charge in [-0.25, -0.2) is 8.78 Å². The number of aliphatic hydroxyl groups excluding tert-OH is 1. The van der Waals surface area contributed by atoms with Gasteiger partial charge in [0.15, 0.2) is 6.29 Å². The normalized spacial score (nSPS) is 10.6. The Morgan fingerprint density at radius 3 is 2.71 bits per heavy atom. The highest BCUT2D eigenvalue weighted by atomic mass is 35.5. The predicted molar refractivity (Wildman–Crippen MR) is 62.1 cm³/mol. The molecule has 0 aliphatic carbocycles. The Balaban J connectivity index is 3.03. The van der Waals surface area contributed by atoms with E-state index in [4.69, 9.17) is 16.7 Å². The van der Waals surface area contributed by atoms with E-state index in [0.29, 0.717) is 17.0 Å². The maximum Gasteiger partial charge on any atom is 0.255 e. The van der Waals surface area contributed by atoms with Gasteiger partial charge in [0.05, 0.1) is 13.2 Å². The molecule has 17 heavy (non-hydrogen) atoms. The van der Waals surface area contributed by atoms with Gasteiger partial charge in [-0.15, -0.1) is 0 Å². The van der Waals surface area contributed by atoms with E-state index >= 15 is 0 Å². The molecule has 0 atom stereocenters. The number of hydrogen-bond donors (Lipinski definition) is 1. The van der Waals surface area contributed by atoms with Crippen molar-refractivity contribution in [2.45, 2.75) is 6.43 Å². The van der Waals surface area contributed by atoms with Crippen molar-refractivity contribution in [1.29, 1.82) is 0 Å². The van der Waals surface area contributed by atoms with E-state index < -0.39 is 13.0 Å². The third kappa shape index (κ3) is 3.94. The van der Waals surface area contributed by atoms with Crippen LogP contribution in [0.2, 0.25) is 5.02 Å². The predicted octanol–water partition coefficient (Wildman–Crippen LogP) is 2.22. The summed E-state index contributed by atoms with van der Waals surface area (Å²) in [6, 6.07) is 4.41.